The van der Waals surface area contributed by atoms with Crippen molar-refractivity contribution in [1.29, 1.82) is 0 Å². The number of halogens is 1. The summed E-state index contributed by atoms with van der Waals surface area (Å²) in [6, 6.07) is 22.9. The Labute approximate surface area is 223 Å². The molecule has 0 spiro atoms. The van der Waals surface area contributed by atoms with Crippen LogP contribution in [0.2, 0.25) is 5.02 Å². The smallest absolute Gasteiger partial charge is 0.274 e. The zero-order valence-electron chi connectivity index (χ0n) is 20.4. The Morgan fingerprint density at radius 1 is 0.947 bits per heavy atom. The summed E-state index contributed by atoms with van der Waals surface area (Å²) in [4.78, 5) is 41.2. The average molecular weight is 526 g/mol. The van der Waals surface area contributed by atoms with Crippen LogP contribution in [0, 0.1) is 0 Å². The molecule has 5 aromatic rings. The predicted octanol–water partition coefficient (Wildman–Crippen LogP) is 4.95. The van der Waals surface area contributed by atoms with Crippen molar-refractivity contribution in [3.8, 4) is 11.1 Å². The lowest BCUT2D eigenvalue weighted by molar-refractivity contribution is 0.0945. The lowest BCUT2D eigenvalue weighted by Gasteiger charge is -2.09. The lowest BCUT2D eigenvalue weighted by atomic mass is 10.0. The molecule has 2 amide bonds. The highest BCUT2D eigenvalue weighted by atomic mass is 35.5. The van der Waals surface area contributed by atoms with E-state index in [2.05, 4.69) is 15.6 Å². The Morgan fingerprint density at radius 3 is 2.39 bits per heavy atom. The van der Waals surface area contributed by atoms with Crippen molar-refractivity contribution in [1.82, 2.24) is 14.9 Å². The highest BCUT2D eigenvalue weighted by Crippen LogP contribution is 2.32. The predicted molar refractivity (Wildman–Crippen MR) is 150 cm³/mol. The van der Waals surface area contributed by atoms with E-state index in [9.17, 15) is 14.4 Å². The van der Waals surface area contributed by atoms with Gasteiger partial charge in [-0.3, -0.25) is 14.4 Å². The minimum atomic E-state index is -0.366. The van der Waals surface area contributed by atoms with Crippen molar-refractivity contribution >= 4 is 45.7 Å². The van der Waals surface area contributed by atoms with E-state index in [4.69, 9.17) is 17.3 Å². The molecule has 5 N–H and O–H groups in total. The molecule has 2 heterocycles. The van der Waals surface area contributed by atoms with Gasteiger partial charge in [0.25, 0.3) is 17.4 Å². The Kier molecular flexibility index (Phi) is 6.72. The number of nitrogens with one attached hydrogen (secondary N) is 3. The molecule has 0 unspecified atom stereocenters. The van der Waals surface area contributed by atoms with Crippen LogP contribution >= 0.6 is 11.6 Å². The van der Waals surface area contributed by atoms with Crippen molar-refractivity contribution in [2.24, 2.45) is 7.05 Å². The number of aromatic nitrogens is 2. The number of nitrogens with zero attached hydrogens (tertiary/aromatic N) is 1. The molecule has 0 atom stereocenters. The SMILES string of the molecule is Cn1cc(-c2ccccc2Cl)c2cc(C(=O)NCc3ccc(C(=O)Nc4ccccc4N)cc3)[nH]c2c1=O. The molecule has 0 fully saturated rings. The molecule has 0 aliphatic carbocycles. The number of nitrogen functional groups attached to an aromatic ring is 1. The number of pyridine rings is 1. The molecule has 0 aliphatic heterocycles. The van der Waals surface area contributed by atoms with Crippen LogP contribution in [-0.4, -0.2) is 21.4 Å². The molecule has 38 heavy (non-hydrogen) atoms. The van der Waals surface area contributed by atoms with Gasteiger partial charge in [0.05, 0.1) is 11.4 Å². The number of amides is 2. The van der Waals surface area contributed by atoms with Gasteiger partial charge in [0.15, 0.2) is 0 Å². The summed E-state index contributed by atoms with van der Waals surface area (Å²) >= 11 is 6.41. The van der Waals surface area contributed by atoms with E-state index in [1.54, 1.807) is 73.9 Å². The molecule has 3 aromatic carbocycles. The first kappa shape index (κ1) is 24.9. The van der Waals surface area contributed by atoms with Crippen molar-refractivity contribution < 1.29 is 9.59 Å². The lowest BCUT2D eigenvalue weighted by Crippen LogP contribution is -2.23. The Hall–Kier alpha value is -4.82. The number of hydrogen-bond donors (Lipinski definition) is 4. The van der Waals surface area contributed by atoms with E-state index in [1.807, 2.05) is 18.2 Å². The molecule has 8 nitrogen and oxygen atoms in total. The van der Waals surface area contributed by atoms with E-state index in [0.717, 1.165) is 16.7 Å². The van der Waals surface area contributed by atoms with Gasteiger partial charge in [0.1, 0.15) is 11.2 Å². The van der Waals surface area contributed by atoms with Crippen LogP contribution in [-0.2, 0) is 13.6 Å². The van der Waals surface area contributed by atoms with Gasteiger partial charge in [0, 0.05) is 46.9 Å². The number of carbonyl (C=O) groups excluding carboxylic acids is 2. The fourth-order valence-electron chi connectivity index (χ4n) is 4.21. The van der Waals surface area contributed by atoms with Gasteiger partial charge in [0.2, 0.25) is 0 Å². The van der Waals surface area contributed by atoms with Crippen molar-refractivity contribution in [2.45, 2.75) is 6.54 Å². The highest BCUT2D eigenvalue weighted by Gasteiger charge is 2.17. The summed E-state index contributed by atoms with van der Waals surface area (Å²) in [5, 5.41) is 6.80. The van der Waals surface area contributed by atoms with Gasteiger partial charge in [-0.05, 0) is 42.0 Å². The fourth-order valence-corrected chi connectivity index (χ4v) is 4.44. The first-order valence-electron chi connectivity index (χ1n) is 11.8. The molecular weight excluding hydrogens is 502 g/mol. The van der Waals surface area contributed by atoms with E-state index < -0.39 is 0 Å². The fraction of sp³-hybridized carbons (Fsp3) is 0.0690. The topological polar surface area (TPSA) is 122 Å². The van der Waals surface area contributed by atoms with Crippen LogP contribution in [0.4, 0.5) is 11.4 Å². The monoisotopic (exact) mass is 525 g/mol. The van der Waals surface area contributed by atoms with Gasteiger partial charge in [-0.1, -0.05) is 54.1 Å². The van der Waals surface area contributed by atoms with Crippen LogP contribution in [0.1, 0.15) is 26.4 Å². The minimum absolute atomic E-state index is 0.233. The number of H-pyrrole nitrogens is 1. The number of aromatic amines is 1. The Balaban J connectivity index is 1.32. The number of carbonyl (C=O) groups is 2. The van der Waals surface area contributed by atoms with Crippen molar-refractivity contribution in [2.75, 3.05) is 11.1 Å². The van der Waals surface area contributed by atoms with Crippen LogP contribution < -0.4 is 21.9 Å². The second kappa shape index (κ2) is 10.3. The average Bonchev–Trinajstić information content (AvgIpc) is 3.37. The molecule has 5 rings (SSSR count). The summed E-state index contributed by atoms with van der Waals surface area (Å²) in [5.74, 6) is -0.651. The molecular formula is C29H24ClN5O3. The van der Waals surface area contributed by atoms with Gasteiger partial charge < -0.3 is 25.9 Å². The van der Waals surface area contributed by atoms with E-state index in [0.29, 0.717) is 32.9 Å². The number of fused-ring (bicyclic) bond motifs is 1. The van der Waals surface area contributed by atoms with Gasteiger partial charge in [-0.2, -0.15) is 0 Å². The summed E-state index contributed by atoms with van der Waals surface area (Å²) < 4.78 is 1.46. The quantitative estimate of drug-likeness (QED) is 0.234. The number of benzene rings is 3. The summed E-state index contributed by atoms with van der Waals surface area (Å²) in [7, 11) is 1.65. The van der Waals surface area contributed by atoms with E-state index in [-0.39, 0.29) is 29.6 Å². The third-order valence-corrected chi connectivity index (χ3v) is 6.58. The summed E-state index contributed by atoms with van der Waals surface area (Å²) in [6.45, 7) is 0.233. The Morgan fingerprint density at radius 2 is 1.66 bits per heavy atom. The number of nitrogens with two attached hydrogens (primary N) is 1. The van der Waals surface area contributed by atoms with Gasteiger partial charge in [-0.15, -0.1) is 0 Å². The highest BCUT2D eigenvalue weighted by molar-refractivity contribution is 6.33. The number of hydrogen-bond acceptors (Lipinski definition) is 4. The van der Waals surface area contributed by atoms with Crippen LogP contribution in [0.25, 0.3) is 22.0 Å². The largest absolute Gasteiger partial charge is 0.397 e. The number of para-hydroxylation sites is 2. The zero-order valence-corrected chi connectivity index (χ0v) is 21.2. The molecule has 2 aromatic heterocycles. The third kappa shape index (κ3) is 4.89. The van der Waals surface area contributed by atoms with E-state index in [1.165, 1.54) is 4.57 Å². The maximum Gasteiger partial charge on any atom is 0.274 e. The van der Waals surface area contributed by atoms with Gasteiger partial charge in [-0.25, -0.2) is 0 Å². The Bertz CT molecular complexity index is 1740. The van der Waals surface area contributed by atoms with Gasteiger partial charge >= 0.3 is 0 Å². The number of rotatable bonds is 6. The molecule has 0 bridgehead atoms. The molecule has 0 saturated heterocycles. The molecule has 0 saturated carbocycles. The molecule has 190 valence electrons. The maximum absolute atomic E-state index is 13.0. The van der Waals surface area contributed by atoms with Crippen molar-refractivity contribution in [3.05, 3.63) is 117 Å². The standard InChI is InChI=1S/C29H24ClN5O3/c1-35-16-21(19-6-2-3-7-22(19)30)20-14-25(33-26(20)29(35)38)28(37)32-15-17-10-12-18(13-11-17)27(36)34-24-9-5-4-8-23(24)31/h2-14,16,33H,15,31H2,1H3,(H,32,37)(H,34,36). The summed E-state index contributed by atoms with van der Waals surface area (Å²) in [6.07, 6.45) is 1.71. The second-order valence-electron chi connectivity index (χ2n) is 8.83. The second-order valence-corrected chi connectivity index (χ2v) is 9.24. The normalized spacial score (nSPS) is 10.9. The molecule has 0 radical (unpaired) electrons. The third-order valence-electron chi connectivity index (χ3n) is 6.25. The van der Waals surface area contributed by atoms with E-state index >= 15 is 0 Å². The zero-order chi connectivity index (χ0) is 26.8. The maximum atomic E-state index is 13.0. The minimum Gasteiger partial charge on any atom is -0.397 e. The molecule has 9 heteroatoms. The van der Waals surface area contributed by atoms with Crippen LogP contribution in [0.3, 0.4) is 0 Å². The first-order chi connectivity index (χ1) is 18.3. The van der Waals surface area contributed by atoms with Crippen molar-refractivity contribution in [3.63, 3.8) is 0 Å². The first-order valence-corrected chi connectivity index (χ1v) is 12.2. The van der Waals surface area contributed by atoms with Crippen LogP contribution in [0.15, 0.2) is 89.9 Å². The summed E-state index contributed by atoms with van der Waals surface area (Å²) in [5.41, 5.74) is 10.0. The molecule has 0 aliphatic rings. The number of anilines is 2. The van der Waals surface area contributed by atoms with Crippen LogP contribution in [0.5, 0.6) is 0 Å². The number of aryl methyl sites for hydroxylation is 1.